The minimum atomic E-state index is -1.01. The molecule has 0 radical (unpaired) electrons. The number of carbonyl (C=O) groups excluding carboxylic acids is 1. The summed E-state index contributed by atoms with van der Waals surface area (Å²) < 4.78 is 5.29. The number of amides is 2. The molecule has 7 heteroatoms. The zero-order valence-corrected chi connectivity index (χ0v) is 11.7. The van der Waals surface area contributed by atoms with Crippen molar-refractivity contribution < 1.29 is 24.5 Å². The van der Waals surface area contributed by atoms with E-state index in [4.69, 9.17) is 9.84 Å². The summed E-state index contributed by atoms with van der Waals surface area (Å²) in [5.41, 5.74) is -0.571. The van der Waals surface area contributed by atoms with Crippen LogP contribution < -0.4 is 0 Å². The number of hydrogen-bond donors (Lipinski definition) is 2. The number of likely N-dealkylation sites (tertiary alicyclic amines) is 2. The number of nitrogens with zero attached hydrogens (tertiary/aromatic N) is 2. The number of rotatable bonds is 4. The summed E-state index contributed by atoms with van der Waals surface area (Å²) >= 11 is 0. The molecule has 0 aromatic heterocycles. The van der Waals surface area contributed by atoms with Crippen molar-refractivity contribution in [1.82, 2.24) is 9.80 Å². The van der Waals surface area contributed by atoms with Crippen LogP contribution in [0.3, 0.4) is 0 Å². The topological polar surface area (TPSA) is 90.3 Å². The van der Waals surface area contributed by atoms with E-state index in [0.29, 0.717) is 19.6 Å². The van der Waals surface area contributed by atoms with E-state index in [2.05, 4.69) is 0 Å². The van der Waals surface area contributed by atoms with Crippen LogP contribution in [0.5, 0.6) is 0 Å². The Morgan fingerprint density at radius 3 is 2.65 bits per heavy atom. The van der Waals surface area contributed by atoms with Crippen LogP contribution in [0.2, 0.25) is 0 Å². The van der Waals surface area contributed by atoms with Crippen molar-refractivity contribution in [2.75, 3.05) is 32.8 Å². The second-order valence-electron chi connectivity index (χ2n) is 5.80. The third-order valence-corrected chi connectivity index (χ3v) is 3.95. The zero-order valence-electron chi connectivity index (χ0n) is 11.7. The highest BCUT2D eigenvalue weighted by Crippen LogP contribution is 2.28. The fourth-order valence-electron chi connectivity index (χ4n) is 2.85. The van der Waals surface area contributed by atoms with E-state index in [9.17, 15) is 14.7 Å². The molecule has 2 N–H and O–H groups in total. The second-order valence-corrected chi connectivity index (χ2v) is 5.80. The molecule has 0 spiro atoms. The number of urea groups is 1. The standard InChI is InChI=1S/C13H22N2O5/c1-13(20-7-11(17)18)8-14(9-13)12(19)15-5-3-2-4-10(15)6-16/h10,16H,2-9H2,1H3,(H,17,18). The van der Waals surface area contributed by atoms with Crippen molar-refractivity contribution in [2.24, 2.45) is 0 Å². The van der Waals surface area contributed by atoms with Crippen molar-refractivity contribution in [2.45, 2.75) is 37.8 Å². The summed E-state index contributed by atoms with van der Waals surface area (Å²) in [5.74, 6) is -1.01. The Hall–Kier alpha value is -1.34. The van der Waals surface area contributed by atoms with Crippen LogP contribution in [-0.2, 0) is 9.53 Å². The molecule has 2 amide bonds. The van der Waals surface area contributed by atoms with Crippen LogP contribution in [0.25, 0.3) is 0 Å². The van der Waals surface area contributed by atoms with E-state index in [1.165, 1.54) is 0 Å². The van der Waals surface area contributed by atoms with E-state index in [0.717, 1.165) is 19.3 Å². The van der Waals surface area contributed by atoms with Crippen LogP contribution in [0.15, 0.2) is 0 Å². The van der Waals surface area contributed by atoms with Gasteiger partial charge in [0.15, 0.2) is 0 Å². The predicted molar refractivity (Wildman–Crippen MR) is 70.4 cm³/mol. The SMILES string of the molecule is CC1(OCC(=O)O)CN(C(=O)N2CCCCC2CO)C1. The van der Waals surface area contributed by atoms with Gasteiger partial charge in [-0.3, -0.25) is 0 Å². The Kier molecular flexibility index (Phi) is 4.49. The number of hydrogen-bond acceptors (Lipinski definition) is 4. The first-order chi connectivity index (χ1) is 9.45. The van der Waals surface area contributed by atoms with Gasteiger partial charge in [0, 0.05) is 6.54 Å². The van der Waals surface area contributed by atoms with Gasteiger partial charge in [-0.25, -0.2) is 9.59 Å². The molecule has 0 saturated carbocycles. The molecule has 2 heterocycles. The Balaban J connectivity index is 1.85. The fraction of sp³-hybridized carbons (Fsp3) is 0.846. The molecular formula is C13H22N2O5. The van der Waals surface area contributed by atoms with E-state index in [1.807, 2.05) is 0 Å². The maximum atomic E-state index is 12.3. The first-order valence-corrected chi connectivity index (χ1v) is 6.97. The lowest BCUT2D eigenvalue weighted by Gasteiger charge is -2.50. The van der Waals surface area contributed by atoms with Crippen LogP contribution in [-0.4, -0.2) is 76.5 Å². The van der Waals surface area contributed by atoms with Crippen molar-refractivity contribution in [3.63, 3.8) is 0 Å². The Morgan fingerprint density at radius 2 is 2.05 bits per heavy atom. The highest BCUT2D eigenvalue weighted by molar-refractivity contribution is 5.76. The first-order valence-electron chi connectivity index (χ1n) is 6.97. The minimum absolute atomic E-state index is 0.00758. The quantitative estimate of drug-likeness (QED) is 0.766. The molecule has 2 saturated heterocycles. The van der Waals surface area contributed by atoms with E-state index in [1.54, 1.807) is 16.7 Å². The molecule has 0 aromatic rings. The van der Waals surface area contributed by atoms with Crippen LogP contribution in [0, 0.1) is 0 Å². The van der Waals surface area contributed by atoms with Crippen molar-refractivity contribution in [3.05, 3.63) is 0 Å². The number of aliphatic carboxylic acids is 1. The third-order valence-electron chi connectivity index (χ3n) is 3.95. The van der Waals surface area contributed by atoms with Gasteiger partial charge < -0.3 is 24.7 Å². The third kappa shape index (κ3) is 3.21. The second kappa shape index (κ2) is 5.97. The maximum Gasteiger partial charge on any atom is 0.329 e. The molecule has 2 rings (SSSR count). The molecule has 2 fully saturated rings. The summed E-state index contributed by atoms with van der Waals surface area (Å²) in [6, 6.07) is -0.178. The molecule has 0 aromatic carbocycles. The molecule has 2 aliphatic heterocycles. The van der Waals surface area contributed by atoms with Gasteiger partial charge in [-0.05, 0) is 26.2 Å². The number of carboxylic acids is 1. The summed E-state index contributed by atoms with van der Waals surface area (Å²) in [6.07, 6.45) is 2.83. The molecule has 20 heavy (non-hydrogen) atoms. The highest BCUT2D eigenvalue weighted by Gasteiger charge is 2.45. The van der Waals surface area contributed by atoms with Gasteiger partial charge in [0.05, 0.1) is 25.7 Å². The molecule has 7 nitrogen and oxygen atoms in total. The zero-order chi connectivity index (χ0) is 14.8. The van der Waals surface area contributed by atoms with Gasteiger partial charge in [-0.1, -0.05) is 0 Å². The fourth-order valence-corrected chi connectivity index (χ4v) is 2.85. The molecule has 0 bridgehead atoms. The number of carbonyl (C=O) groups is 2. The lowest BCUT2D eigenvalue weighted by molar-refractivity contribution is -0.160. The van der Waals surface area contributed by atoms with E-state index in [-0.39, 0.29) is 25.3 Å². The molecular weight excluding hydrogens is 264 g/mol. The normalized spacial score (nSPS) is 25.2. The monoisotopic (exact) mass is 286 g/mol. The lowest BCUT2D eigenvalue weighted by atomic mass is 9.96. The van der Waals surface area contributed by atoms with Gasteiger partial charge >= 0.3 is 12.0 Å². The summed E-state index contributed by atoms with van der Waals surface area (Å²) in [4.78, 5) is 26.2. The summed E-state index contributed by atoms with van der Waals surface area (Å²) in [5, 5.41) is 17.9. The maximum absolute atomic E-state index is 12.3. The Morgan fingerprint density at radius 1 is 1.35 bits per heavy atom. The van der Waals surface area contributed by atoms with Crippen molar-refractivity contribution in [3.8, 4) is 0 Å². The molecule has 2 aliphatic rings. The van der Waals surface area contributed by atoms with Crippen LogP contribution in [0.1, 0.15) is 26.2 Å². The first kappa shape index (κ1) is 15.1. The number of aliphatic hydroxyl groups is 1. The Bertz CT molecular complexity index is 381. The van der Waals surface area contributed by atoms with Gasteiger partial charge in [0.1, 0.15) is 12.2 Å². The van der Waals surface area contributed by atoms with E-state index < -0.39 is 11.6 Å². The van der Waals surface area contributed by atoms with Crippen molar-refractivity contribution in [1.29, 1.82) is 0 Å². The number of carboxylic acid groups (broad SMARTS) is 1. The molecule has 0 aliphatic carbocycles. The van der Waals surface area contributed by atoms with Gasteiger partial charge in [-0.15, -0.1) is 0 Å². The van der Waals surface area contributed by atoms with Crippen molar-refractivity contribution >= 4 is 12.0 Å². The summed E-state index contributed by atoms with van der Waals surface area (Å²) in [6.45, 7) is 2.92. The van der Waals surface area contributed by atoms with Gasteiger partial charge in [-0.2, -0.15) is 0 Å². The molecule has 114 valence electrons. The van der Waals surface area contributed by atoms with Gasteiger partial charge in [0.2, 0.25) is 0 Å². The largest absolute Gasteiger partial charge is 0.480 e. The molecule has 1 atom stereocenters. The van der Waals surface area contributed by atoms with E-state index >= 15 is 0 Å². The van der Waals surface area contributed by atoms with Gasteiger partial charge in [0.25, 0.3) is 0 Å². The smallest absolute Gasteiger partial charge is 0.329 e. The van der Waals surface area contributed by atoms with Crippen LogP contribution >= 0.6 is 0 Å². The average molecular weight is 286 g/mol. The predicted octanol–water partition coefficient (Wildman–Crippen LogP) is 0.129. The lowest BCUT2D eigenvalue weighted by Crippen LogP contribution is -2.67. The number of ether oxygens (including phenoxy) is 1. The average Bonchev–Trinajstić information content (AvgIpc) is 2.41. The number of aliphatic hydroxyl groups excluding tert-OH is 1. The Labute approximate surface area is 118 Å². The minimum Gasteiger partial charge on any atom is -0.480 e. The van der Waals surface area contributed by atoms with Crippen LogP contribution in [0.4, 0.5) is 4.79 Å². The number of piperidine rings is 1. The summed E-state index contributed by atoms with van der Waals surface area (Å²) in [7, 11) is 0. The highest BCUT2D eigenvalue weighted by atomic mass is 16.5. The molecule has 1 unspecified atom stereocenters.